The minimum absolute atomic E-state index is 0.359. The highest BCUT2D eigenvalue weighted by atomic mass is 35.5. The van der Waals surface area contributed by atoms with Crippen LogP contribution in [0.2, 0.25) is 5.02 Å². The number of aromatic amines is 1. The molecular formula is C33H27ClN8. The molecule has 1 aliphatic heterocycles. The molecule has 0 aliphatic carbocycles. The number of nitrogens with one attached hydrogen (secondary N) is 1. The molecule has 0 amide bonds. The molecular weight excluding hydrogens is 544 g/mol. The number of piperidine rings is 1. The number of H-pyrrole nitrogens is 1. The molecule has 7 rings (SSSR count). The fraction of sp³-hybridized carbons (Fsp3) is 0.182. The summed E-state index contributed by atoms with van der Waals surface area (Å²) in [5, 5.41) is 17.6. The molecule has 2 aromatic carbocycles. The fourth-order valence-electron chi connectivity index (χ4n) is 5.75. The molecule has 9 heteroatoms. The van der Waals surface area contributed by atoms with Crippen LogP contribution in [0.1, 0.15) is 35.7 Å². The second-order valence-electron chi connectivity index (χ2n) is 10.6. The minimum atomic E-state index is 0.359. The lowest BCUT2D eigenvalue weighted by Crippen LogP contribution is -2.32. The molecule has 1 aliphatic rings. The van der Waals surface area contributed by atoms with Gasteiger partial charge in [-0.25, -0.2) is 9.97 Å². The third-order valence-corrected chi connectivity index (χ3v) is 8.19. The van der Waals surface area contributed by atoms with Gasteiger partial charge in [0.2, 0.25) is 0 Å². The first-order valence-electron chi connectivity index (χ1n) is 14.0. The number of benzene rings is 2. The third-order valence-electron chi connectivity index (χ3n) is 7.96. The summed E-state index contributed by atoms with van der Waals surface area (Å²) in [6.45, 7) is 2.92. The van der Waals surface area contributed by atoms with Crippen LogP contribution in [-0.2, 0) is 6.54 Å². The van der Waals surface area contributed by atoms with Gasteiger partial charge in [0.25, 0.3) is 0 Å². The first kappa shape index (κ1) is 26.1. The van der Waals surface area contributed by atoms with E-state index in [0.717, 1.165) is 66.4 Å². The van der Waals surface area contributed by atoms with Crippen LogP contribution < -0.4 is 0 Å². The molecule has 1 N–H and O–H groups in total. The Hall–Kier alpha value is -4.84. The number of fused-ring (bicyclic) bond motifs is 1. The van der Waals surface area contributed by atoms with Gasteiger partial charge in [-0.2, -0.15) is 10.4 Å². The van der Waals surface area contributed by atoms with Gasteiger partial charge in [0.05, 0.1) is 22.5 Å². The van der Waals surface area contributed by atoms with E-state index in [1.165, 1.54) is 5.56 Å². The van der Waals surface area contributed by atoms with Gasteiger partial charge in [0.1, 0.15) is 17.6 Å². The largest absolute Gasteiger partial charge is 0.299 e. The second-order valence-corrected chi connectivity index (χ2v) is 11.0. The zero-order chi connectivity index (χ0) is 28.5. The first-order valence-corrected chi connectivity index (χ1v) is 14.4. The van der Waals surface area contributed by atoms with Crippen molar-refractivity contribution in [2.24, 2.45) is 0 Å². The number of hydrogen-bond acceptors (Lipinski definition) is 6. The van der Waals surface area contributed by atoms with Crippen molar-refractivity contribution in [3.63, 3.8) is 0 Å². The van der Waals surface area contributed by atoms with Crippen molar-refractivity contribution in [1.82, 2.24) is 34.4 Å². The maximum absolute atomic E-state index is 9.49. The Kier molecular flexibility index (Phi) is 6.96. The molecule has 1 saturated heterocycles. The maximum Gasteiger partial charge on any atom is 0.199 e. The van der Waals surface area contributed by atoms with Gasteiger partial charge in [-0.05, 0) is 66.9 Å². The molecule has 0 saturated carbocycles. The molecule has 0 spiro atoms. The van der Waals surface area contributed by atoms with E-state index >= 15 is 0 Å². The summed E-state index contributed by atoms with van der Waals surface area (Å²) in [4.78, 5) is 16.1. The van der Waals surface area contributed by atoms with Crippen molar-refractivity contribution < 1.29 is 0 Å². The Morgan fingerprint density at radius 3 is 2.48 bits per heavy atom. The molecule has 42 heavy (non-hydrogen) atoms. The molecule has 6 aromatic rings. The van der Waals surface area contributed by atoms with Crippen LogP contribution in [0.4, 0.5) is 0 Å². The number of likely N-dealkylation sites (tertiary alicyclic amines) is 1. The molecule has 4 aromatic heterocycles. The Balaban J connectivity index is 1.02. The van der Waals surface area contributed by atoms with E-state index in [0.29, 0.717) is 28.0 Å². The summed E-state index contributed by atoms with van der Waals surface area (Å²) in [7, 11) is 0. The number of aromatic nitrogens is 6. The summed E-state index contributed by atoms with van der Waals surface area (Å²) in [6.07, 6.45) is 7.48. The van der Waals surface area contributed by atoms with E-state index in [2.05, 4.69) is 73.6 Å². The van der Waals surface area contributed by atoms with Crippen molar-refractivity contribution in [1.29, 1.82) is 5.26 Å². The monoisotopic (exact) mass is 570 g/mol. The summed E-state index contributed by atoms with van der Waals surface area (Å²) in [5.74, 6) is 1.90. The van der Waals surface area contributed by atoms with Gasteiger partial charge in [-0.3, -0.25) is 19.4 Å². The topological polar surface area (TPSA) is 98.8 Å². The number of rotatable bonds is 6. The average Bonchev–Trinajstić information content (AvgIpc) is 3.71. The van der Waals surface area contributed by atoms with Crippen LogP contribution in [0.3, 0.4) is 0 Å². The number of hydrogen-bond donors (Lipinski definition) is 1. The van der Waals surface area contributed by atoms with Crippen LogP contribution >= 0.6 is 11.6 Å². The predicted octanol–water partition coefficient (Wildman–Crippen LogP) is 6.75. The molecule has 1 fully saturated rings. The van der Waals surface area contributed by atoms with E-state index in [4.69, 9.17) is 16.6 Å². The van der Waals surface area contributed by atoms with Crippen LogP contribution in [-0.4, -0.2) is 47.5 Å². The summed E-state index contributed by atoms with van der Waals surface area (Å²) >= 11 is 5.96. The first-order chi connectivity index (χ1) is 20.7. The third kappa shape index (κ3) is 5.05. The standard InChI is InChI=1S/C33H27ClN8/c34-26-11-12-29(36-19-26)32-38-31(39-40-32)24-13-16-41(17-14-24)21-22-7-9-23(10-8-22)27-5-1-2-6-28(27)30-20-37-33-25(18-35)4-3-15-42(30)33/h1-12,15,19-20,24H,13-14,16-17,21H2,(H,38,39,40). The van der Waals surface area contributed by atoms with Crippen LogP contribution in [0.25, 0.3) is 39.5 Å². The number of halogens is 1. The van der Waals surface area contributed by atoms with Gasteiger partial charge >= 0.3 is 0 Å². The number of imidazole rings is 1. The quantitative estimate of drug-likeness (QED) is 0.238. The average molecular weight is 571 g/mol. The Labute approximate surface area is 248 Å². The highest BCUT2D eigenvalue weighted by Crippen LogP contribution is 2.33. The van der Waals surface area contributed by atoms with Gasteiger partial charge in [0.15, 0.2) is 11.5 Å². The number of nitriles is 1. The Morgan fingerprint density at radius 2 is 1.71 bits per heavy atom. The number of nitrogens with zero attached hydrogens (tertiary/aromatic N) is 7. The second kappa shape index (κ2) is 11.2. The maximum atomic E-state index is 9.49. The minimum Gasteiger partial charge on any atom is -0.299 e. The summed E-state index contributed by atoms with van der Waals surface area (Å²) in [5.41, 5.74) is 7.58. The van der Waals surface area contributed by atoms with Crippen molar-refractivity contribution in [2.75, 3.05) is 13.1 Å². The molecule has 8 nitrogen and oxygen atoms in total. The predicted molar refractivity (Wildman–Crippen MR) is 163 cm³/mol. The lowest BCUT2D eigenvalue weighted by Gasteiger charge is -2.31. The highest BCUT2D eigenvalue weighted by molar-refractivity contribution is 6.30. The van der Waals surface area contributed by atoms with Gasteiger partial charge in [-0.1, -0.05) is 60.1 Å². The van der Waals surface area contributed by atoms with E-state index in [1.807, 2.05) is 35.0 Å². The van der Waals surface area contributed by atoms with Crippen LogP contribution in [0.15, 0.2) is 91.4 Å². The zero-order valence-electron chi connectivity index (χ0n) is 22.8. The SMILES string of the molecule is N#Cc1cccn2c(-c3ccccc3-c3ccc(CN4CCC(c5nc(-c6ccc(Cl)cn6)n[nH]5)CC4)cc3)cnc12. The van der Waals surface area contributed by atoms with Crippen molar-refractivity contribution in [2.45, 2.75) is 25.3 Å². The smallest absolute Gasteiger partial charge is 0.199 e. The van der Waals surface area contributed by atoms with Crippen LogP contribution in [0.5, 0.6) is 0 Å². The normalized spacial score (nSPS) is 14.3. The van der Waals surface area contributed by atoms with Crippen molar-refractivity contribution in [3.8, 4) is 40.0 Å². The summed E-state index contributed by atoms with van der Waals surface area (Å²) < 4.78 is 1.99. The lowest BCUT2D eigenvalue weighted by atomic mass is 9.95. The van der Waals surface area contributed by atoms with E-state index < -0.39 is 0 Å². The lowest BCUT2D eigenvalue weighted by molar-refractivity contribution is 0.202. The molecule has 5 heterocycles. The molecule has 0 bridgehead atoms. The zero-order valence-corrected chi connectivity index (χ0v) is 23.5. The Morgan fingerprint density at radius 1 is 0.905 bits per heavy atom. The van der Waals surface area contributed by atoms with Crippen molar-refractivity contribution >= 4 is 17.2 Å². The van der Waals surface area contributed by atoms with Crippen molar-refractivity contribution in [3.05, 3.63) is 113 Å². The highest BCUT2D eigenvalue weighted by Gasteiger charge is 2.24. The van der Waals surface area contributed by atoms with Gasteiger partial charge in [0, 0.05) is 30.4 Å². The van der Waals surface area contributed by atoms with Crippen LogP contribution in [0, 0.1) is 11.3 Å². The van der Waals surface area contributed by atoms with E-state index in [9.17, 15) is 5.26 Å². The van der Waals surface area contributed by atoms with E-state index in [1.54, 1.807) is 18.3 Å². The summed E-state index contributed by atoms with van der Waals surface area (Å²) in [6, 6.07) is 26.8. The molecule has 0 radical (unpaired) electrons. The van der Waals surface area contributed by atoms with Gasteiger partial charge < -0.3 is 0 Å². The number of pyridine rings is 2. The molecule has 0 atom stereocenters. The molecule has 206 valence electrons. The van der Waals surface area contributed by atoms with E-state index in [-0.39, 0.29) is 0 Å². The molecule has 0 unspecified atom stereocenters. The Bertz CT molecular complexity index is 1890. The van der Waals surface area contributed by atoms with Gasteiger partial charge in [-0.15, -0.1) is 0 Å². The fourth-order valence-corrected chi connectivity index (χ4v) is 5.86.